The molecule has 0 aliphatic rings. The van der Waals surface area contributed by atoms with Crippen LogP contribution in [0.5, 0.6) is 0 Å². The highest BCUT2D eigenvalue weighted by Gasteiger charge is 1.98. The van der Waals surface area contributed by atoms with Gasteiger partial charge in [0.2, 0.25) is 0 Å². The summed E-state index contributed by atoms with van der Waals surface area (Å²) in [7, 11) is 1.48. The highest BCUT2D eigenvalue weighted by Crippen LogP contribution is 2.10. The van der Waals surface area contributed by atoms with E-state index < -0.39 is 6.10 Å². The molecule has 0 saturated carbocycles. The summed E-state index contributed by atoms with van der Waals surface area (Å²) in [5.74, 6) is 0. The number of rotatable bonds is 5. The zero-order valence-corrected chi connectivity index (χ0v) is 9.98. The maximum atomic E-state index is 10.4. The molecular formula is C11H12BrNO2. The monoisotopic (exact) mass is 269 g/mol. The SMILES string of the molecule is COC(C=O)/C=N\Cc1ccc(Br)cc1. The molecule has 0 amide bonds. The fourth-order valence-corrected chi connectivity index (χ4v) is 1.27. The van der Waals surface area contributed by atoms with Gasteiger partial charge in [0.25, 0.3) is 0 Å². The number of hydrogen-bond donors (Lipinski definition) is 0. The summed E-state index contributed by atoms with van der Waals surface area (Å²) in [6.07, 6.45) is 1.68. The van der Waals surface area contributed by atoms with Crippen molar-refractivity contribution in [3.63, 3.8) is 0 Å². The normalized spacial score (nSPS) is 12.9. The van der Waals surface area contributed by atoms with Crippen LogP contribution in [0.4, 0.5) is 0 Å². The van der Waals surface area contributed by atoms with Crippen molar-refractivity contribution in [2.24, 2.45) is 4.99 Å². The van der Waals surface area contributed by atoms with E-state index in [1.54, 1.807) is 0 Å². The molecule has 4 heteroatoms. The van der Waals surface area contributed by atoms with Crippen LogP contribution in [0.25, 0.3) is 0 Å². The van der Waals surface area contributed by atoms with Crippen molar-refractivity contribution >= 4 is 28.4 Å². The number of carbonyl (C=O) groups is 1. The Morgan fingerprint density at radius 3 is 2.67 bits per heavy atom. The molecule has 1 aromatic carbocycles. The number of carbonyl (C=O) groups excluding carboxylic acids is 1. The van der Waals surface area contributed by atoms with Crippen LogP contribution in [-0.4, -0.2) is 25.7 Å². The Labute approximate surface area is 97.3 Å². The molecule has 0 N–H and O–H groups in total. The number of benzene rings is 1. The summed E-state index contributed by atoms with van der Waals surface area (Å²) in [4.78, 5) is 14.5. The molecule has 1 aromatic rings. The van der Waals surface area contributed by atoms with Crippen molar-refractivity contribution < 1.29 is 9.53 Å². The summed E-state index contributed by atoms with van der Waals surface area (Å²) in [6, 6.07) is 7.87. The molecule has 3 nitrogen and oxygen atoms in total. The molecule has 0 aromatic heterocycles. The Morgan fingerprint density at radius 2 is 2.13 bits per heavy atom. The fraction of sp³-hybridized carbons (Fsp3) is 0.273. The van der Waals surface area contributed by atoms with Crippen molar-refractivity contribution in [3.8, 4) is 0 Å². The molecule has 0 fully saturated rings. The maximum absolute atomic E-state index is 10.4. The molecule has 0 saturated heterocycles. The zero-order chi connectivity index (χ0) is 11.1. The van der Waals surface area contributed by atoms with Gasteiger partial charge in [-0.1, -0.05) is 28.1 Å². The highest BCUT2D eigenvalue weighted by molar-refractivity contribution is 9.10. The summed E-state index contributed by atoms with van der Waals surface area (Å²) in [5, 5.41) is 0. The number of ether oxygens (including phenoxy) is 1. The van der Waals surface area contributed by atoms with Crippen molar-refractivity contribution in [3.05, 3.63) is 34.3 Å². The third-order valence-electron chi connectivity index (χ3n) is 1.85. The van der Waals surface area contributed by atoms with Gasteiger partial charge >= 0.3 is 0 Å². The first-order valence-electron chi connectivity index (χ1n) is 4.48. The largest absolute Gasteiger partial charge is 0.368 e. The summed E-state index contributed by atoms with van der Waals surface area (Å²) in [6.45, 7) is 0.557. The van der Waals surface area contributed by atoms with Crippen LogP contribution >= 0.6 is 15.9 Å². The van der Waals surface area contributed by atoms with Gasteiger partial charge in [-0.25, -0.2) is 0 Å². The van der Waals surface area contributed by atoms with Crippen LogP contribution < -0.4 is 0 Å². The molecule has 15 heavy (non-hydrogen) atoms. The zero-order valence-electron chi connectivity index (χ0n) is 8.39. The molecule has 0 radical (unpaired) electrons. The lowest BCUT2D eigenvalue weighted by atomic mass is 10.2. The van der Waals surface area contributed by atoms with Crippen LogP contribution in [0, 0.1) is 0 Å². The van der Waals surface area contributed by atoms with Crippen LogP contribution in [0.1, 0.15) is 5.56 Å². The molecule has 0 spiro atoms. The Morgan fingerprint density at radius 1 is 1.47 bits per heavy atom. The fourth-order valence-electron chi connectivity index (χ4n) is 1.00. The first kappa shape index (κ1) is 12.1. The average Bonchev–Trinajstić information content (AvgIpc) is 2.27. The summed E-state index contributed by atoms with van der Waals surface area (Å²) < 4.78 is 5.87. The molecule has 80 valence electrons. The van der Waals surface area contributed by atoms with Gasteiger partial charge in [0, 0.05) is 17.8 Å². The van der Waals surface area contributed by atoms with Crippen molar-refractivity contribution in [2.45, 2.75) is 12.6 Å². The smallest absolute Gasteiger partial charge is 0.154 e. The van der Waals surface area contributed by atoms with Crippen molar-refractivity contribution in [1.29, 1.82) is 0 Å². The van der Waals surface area contributed by atoms with E-state index in [4.69, 9.17) is 4.74 Å². The Bertz CT molecular complexity index is 335. The van der Waals surface area contributed by atoms with Crippen LogP contribution in [0.3, 0.4) is 0 Å². The second-order valence-corrected chi connectivity index (χ2v) is 3.87. The number of aldehydes is 1. The molecule has 0 bridgehead atoms. The predicted octanol–water partition coefficient (Wildman–Crippen LogP) is 2.23. The van der Waals surface area contributed by atoms with Crippen LogP contribution in [0.2, 0.25) is 0 Å². The maximum Gasteiger partial charge on any atom is 0.154 e. The third kappa shape index (κ3) is 4.36. The molecule has 1 atom stereocenters. The van der Waals surface area contributed by atoms with E-state index in [-0.39, 0.29) is 0 Å². The highest BCUT2D eigenvalue weighted by atomic mass is 79.9. The van der Waals surface area contributed by atoms with E-state index in [9.17, 15) is 4.79 Å². The minimum absolute atomic E-state index is 0.541. The molecule has 0 heterocycles. The van der Waals surface area contributed by atoms with E-state index in [2.05, 4.69) is 20.9 Å². The quantitative estimate of drug-likeness (QED) is 0.608. The van der Waals surface area contributed by atoms with Gasteiger partial charge in [0.15, 0.2) is 6.29 Å². The third-order valence-corrected chi connectivity index (χ3v) is 2.37. The van der Waals surface area contributed by atoms with Gasteiger partial charge in [-0.3, -0.25) is 4.99 Å². The number of halogens is 1. The van der Waals surface area contributed by atoms with E-state index in [0.717, 1.165) is 10.0 Å². The number of aliphatic imine (C=N–C) groups is 1. The molecule has 1 rings (SSSR count). The van der Waals surface area contributed by atoms with E-state index in [1.807, 2.05) is 24.3 Å². The van der Waals surface area contributed by atoms with Gasteiger partial charge < -0.3 is 9.53 Å². The Hall–Kier alpha value is -1.000. The number of methoxy groups -OCH3 is 1. The number of nitrogens with zero attached hydrogens (tertiary/aromatic N) is 1. The second-order valence-electron chi connectivity index (χ2n) is 2.95. The molecular weight excluding hydrogens is 258 g/mol. The summed E-state index contributed by atoms with van der Waals surface area (Å²) >= 11 is 3.35. The predicted molar refractivity (Wildman–Crippen MR) is 63.2 cm³/mol. The Kier molecular flexibility index (Phi) is 5.21. The van der Waals surface area contributed by atoms with Crippen LogP contribution in [-0.2, 0) is 16.1 Å². The lowest BCUT2D eigenvalue weighted by molar-refractivity contribution is -0.113. The minimum atomic E-state index is -0.541. The lowest BCUT2D eigenvalue weighted by Crippen LogP contribution is -2.13. The Balaban J connectivity index is 2.49. The first-order valence-corrected chi connectivity index (χ1v) is 5.28. The van der Waals surface area contributed by atoms with Gasteiger partial charge in [0.1, 0.15) is 6.10 Å². The van der Waals surface area contributed by atoms with Crippen molar-refractivity contribution in [2.75, 3.05) is 7.11 Å². The summed E-state index contributed by atoms with van der Waals surface area (Å²) in [5.41, 5.74) is 1.09. The first-order chi connectivity index (χ1) is 7.26. The van der Waals surface area contributed by atoms with Crippen molar-refractivity contribution in [1.82, 2.24) is 0 Å². The van der Waals surface area contributed by atoms with Gasteiger partial charge in [-0.05, 0) is 17.7 Å². The van der Waals surface area contributed by atoms with Gasteiger partial charge in [-0.2, -0.15) is 0 Å². The standard InChI is InChI=1S/C11H12BrNO2/c1-15-11(8-14)7-13-6-9-2-4-10(12)5-3-9/h2-5,7-8,11H,6H2,1H3/b13-7-. The average molecular weight is 270 g/mol. The van der Waals surface area contributed by atoms with E-state index >= 15 is 0 Å². The molecule has 0 aliphatic heterocycles. The second kappa shape index (κ2) is 6.48. The van der Waals surface area contributed by atoms with E-state index in [0.29, 0.717) is 12.8 Å². The van der Waals surface area contributed by atoms with Gasteiger partial charge in [0.05, 0.1) is 6.54 Å². The van der Waals surface area contributed by atoms with Crippen LogP contribution in [0.15, 0.2) is 33.7 Å². The molecule has 0 aliphatic carbocycles. The van der Waals surface area contributed by atoms with Gasteiger partial charge in [-0.15, -0.1) is 0 Å². The van der Waals surface area contributed by atoms with E-state index in [1.165, 1.54) is 13.3 Å². The number of hydrogen-bond acceptors (Lipinski definition) is 3. The lowest BCUT2D eigenvalue weighted by Gasteiger charge is -2.00. The minimum Gasteiger partial charge on any atom is -0.368 e. The molecule has 1 unspecified atom stereocenters. The topological polar surface area (TPSA) is 38.7 Å².